The quantitative estimate of drug-likeness (QED) is 0.891. The van der Waals surface area contributed by atoms with Crippen molar-refractivity contribution in [1.82, 2.24) is 4.90 Å². The molecule has 2 aromatic carbocycles. The number of hydrogen-bond acceptors (Lipinski definition) is 2. The summed E-state index contributed by atoms with van der Waals surface area (Å²) in [6, 6.07) is 22.0. The predicted octanol–water partition coefficient (Wildman–Crippen LogP) is 3.98. The van der Waals surface area contributed by atoms with Crippen LogP contribution in [0.1, 0.15) is 24.8 Å². The number of nitrogens with one attached hydrogen (secondary N) is 1. The summed E-state index contributed by atoms with van der Waals surface area (Å²) in [7, 11) is 0. The SMILES string of the molecule is CC(CNc1ccccc1)N1CCC(c2ccccc2)C1. The third kappa shape index (κ3) is 3.64. The van der Waals surface area contributed by atoms with Gasteiger partial charge >= 0.3 is 0 Å². The van der Waals surface area contributed by atoms with Crippen LogP contribution < -0.4 is 5.32 Å². The van der Waals surface area contributed by atoms with Crippen molar-refractivity contribution in [2.24, 2.45) is 0 Å². The van der Waals surface area contributed by atoms with Gasteiger partial charge in [-0.25, -0.2) is 0 Å². The number of hydrogen-bond donors (Lipinski definition) is 1. The highest BCUT2D eigenvalue weighted by molar-refractivity contribution is 5.42. The Labute approximate surface area is 127 Å². The summed E-state index contributed by atoms with van der Waals surface area (Å²) in [5.41, 5.74) is 2.70. The molecule has 110 valence electrons. The first kappa shape index (κ1) is 14.2. The second-order valence-corrected chi connectivity index (χ2v) is 5.99. The molecule has 1 saturated heterocycles. The van der Waals surface area contributed by atoms with Crippen LogP contribution in [0.15, 0.2) is 60.7 Å². The van der Waals surface area contributed by atoms with Crippen molar-refractivity contribution < 1.29 is 0 Å². The molecule has 1 N–H and O–H groups in total. The molecule has 2 aromatic rings. The molecule has 0 amide bonds. The van der Waals surface area contributed by atoms with Crippen molar-refractivity contribution >= 4 is 5.69 Å². The van der Waals surface area contributed by atoms with Crippen LogP contribution in [0.25, 0.3) is 0 Å². The van der Waals surface area contributed by atoms with Gasteiger partial charge in [-0.15, -0.1) is 0 Å². The van der Waals surface area contributed by atoms with E-state index >= 15 is 0 Å². The molecule has 1 heterocycles. The van der Waals surface area contributed by atoms with Gasteiger partial charge in [0.25, 0.3) is 0 Å². The second-order valence-electron chi connectivity index (χ2n) is 5.99. The Balaban J connectivity index is 1.51. The van der Waals surface area contributed by atoms with Crippen molar-refractivity contribution in [1.29, 1.82) is 0 Å². The number of rotatable bonds is 5. The van der Waals surface area contributed by atoms with Gasteiger partial charge in [0.2, 0.25) is 0 Å². The van der Waals surface area contributed by atoms with Crippen molar-refractivity contribution in [3.05, 3.63) is 66.2 Å². The van der Waals surface area contributed by atoms with Crippen LogP contribution in [0.3, 0.4) is 0 Å². The number of likely N-dealkylation sites (tertiary alicyclic amines) is 1. The molecule has 1 aliphatic heterocycles. The molecular formula is C19H24N2. The van der Waals surface area contributed by atoms with Gasteiger partial charge in [0, 0.05) is 24.8 Å². The lowest BCUT2D eigenvalue weighted by Gasteiger charge is -2.25. The van der Waals surface area contributed by atoms with Crippen LogP contribution in [0.2, 0.25) is 0 Å². The van der Waals surface area contributed by atoms with Crippen LogP contribution in [0.4, 0.5) is 5.69 Å². The molecular weight excluding hydrogens is 256 g/mol. The van der Waals surface area contributed by atoms with Gasteiger partial charge in [-0.1, -0.05) is 48.5 Å². The summed E-state index contributed by atoms with van der Waals surface area (Å²) in [5, 5.41) is 3.53. The van der Waals surface area contributed by atoms with E-state index in [0.29, 0.717) is 12.0 Å². The standard InChI is InChI=1S/C19H24N2/c1-16(14-20-19-10-6-3-7-11-19)21-13-12-18(15-21)17-8-4-2-5-9-17/h2-11,16,18,20H,12-15H2,1H3. The molecule has 0 aromatic heterocycles. The second kappa shape index (κ2) is 6.77. The topological polar surface area (TPSA) is 15.3 Å². The van der Waals surface area contributed by atoms with Gasteiger partial charge in [-0.3, -0.25) is 4.90 Å². The lowest BCUT2D eigenvalue weighted by molar-refractivity contribution is 0.265. The van der Waals surface area contributed by atoms with Crippen molar-refractivity contribution in [2.45, 2.75) is 25.3 Å². The number of benzene rings is 2. The van der Waals surface area contributed by atoms with E-state index in [0.717, 1.165) is 6.54 Å². The Morgan fingerprint density at radius 2 is 1.71 bits per heavy atom. The van der Waals surface area contributed by atoms with E-state index in [4.69, 9.17) is 0 Å². The monoisotopic (exact) mass is 280 g/mol. The lowest BCUT2D eigenvalue weighted by Crippen LogP contribution is -2.36. The van der Waals surface area contributed by atoms with Gasteiger partial charge in [0.05, 0.1) is 0 Å². The first-order valence-corrected chi connectivity index (χ1v) is 7.91. The maximum Gasteiger partial charge on any atom is 0.0340 e. The third-order valence-electron chi connectivity index (χ3n) is 4.49. The molecule has 2 atom stereocenters. The van der Waals surface area contributed by atoms with E-state index in [2.05, 4.69) is 77.8 Å². The van der Waals surface area contributed by atoms with Crippen molar-refractivity contribution in [2.75, 3.05) is 25.0 Å². The highest BCUT2D eigenvalue weighted by atomic mass is 15.2. The largest absolute Gasteiger partial charge is 0.383 e. The van der Waals surface area contributed by atoms with Gasteiger partial charge in [0.1, 0.15) is 0 Å². The highest BCUT2D eigenvalue weighted by Crippen LogP contribution is 2.28. The highest BCUT2D eigenvalue weighted by Gasteiger charge is 2.26. The summed E-state index contributed by atoms with van der Waals surface area (Å²) in [6.07, 6.45) is 1.28. The number of anilines is 1. The molecule has 1 aliphatic rings. The zero-order chi connectivity index (χ0) is 14.5. The van der Waals surface area contributed by atoms with E-state index in [1.54, 1.807) is 0 Å². The summed E-state index contributed by atoms with van der Waals surface area (Å²) >= 11 is 0. The fourth-order valence-corrected chi connectivity index (χ4v) is 3.14. The Kier molecular flexibility index (Phi) is 4.56. The zero-order valence-electron chi connectivity index (χ0n) is 12.7. The maximum absolute atomic E-state index is 3.53. The fourth-order valence-electron chi connectivity index (χ4n) is 3.14. The maximum atomic E-state index is 3.53. The summed E-state index contributed by atoms with van der Waals surface area (Å²) in [5.74, 6) is 0.699. The smallest absolute Gasteiger partial charge is 0.0340 e. The zero-order valence-corrected chi connectivity index (χ0v) is 12.7. The number of nitrogens with zero attached hydrogens (tertiary/aromatic N) is 1. The Morgan fingerprint density at radius 3 is 2.43 bits per heavy atom. The number of para-hydroxylation sites is 1. The summed E-state index contributed by atoms with van der Waals surface area (Å²) < 4.78 is 0. The summed E-state index contributed by atoms with van der Waals surface area (Å²) in [4.78, 5) is 2.60. The van der Waals surface area contributed by atoms with Crippen LogP contribution >= 0.6 is 0 Å². The molecule has 2 nitrogen and oxygen atoms in total. The molecule has 0 spiro atoms. The first-order chi connectivity index (χ1) is 10.3. The van der Waals surface area contributed by atoms with Gasteiger partial charge in [-0.2, -0.15) is 0 Å². The third-order valence-corrected chi connectivity index (χ3v) is 4.49. The van der Waals surface area contributed by atoms with E-state index in [9.17, 15) is 0 Å². The van der Waals surface area contributed by atoms with Crippen LogP contribution in [0.5, 0.6) is 0 Å². The Bertz CT molecular complexity index is 538. The van der Waals surface area contributed by atoms with Crippen LogP contribution in [-0.4, -0.2) is 30.6 Å². The van der Waals surface area contributed by atoms with E-state index in [1.165, 1.54) is 30.8 Å². The lowest BCUT2D eigenvalue weighted by atomic mass is 9.99. The normalized spacial score (nSPS) is 20.3. The molecule has 3 rings (SSSR count). The molecule has 21 heavy (non-hydrogen) atoms. The molecule has 0 saturated carbocycles. The van der Waals surface area contributed by atoms with Gasteiger partial charge < -0.3 is 5.32 Å². The predicted molar refractivity (Wildman–Crippen MR) is 89.8 cm³/mol. The average molecular weight is 280 g/mol. The first-order valence-electron chi connectivity index (χ1n) is 7.91. The van der Waals surface area contributed by atoms with E-state index in [1.807, 2.05) is 0 Å². The minimum absolute atomic E-state index is 0.568. The van der Waals surface area contributed by atoms with Crippen molar-refractivity contribution in [3.63, 3.8) is 0 Å². The molecule has 2 unspecified atom stereocenters. The van der Waals surface area contributed by atoms with E-state index < -0.39 is 0 Å². The minimum Gasteiger partial charge on any atom is -0.383 e. The molecule has 0 aliphatic carbocycles. The molecule has 0 bridgehead atoms. The average Bonchev–Trinajstić information content (AvgIpc) is 3.04. The van der Waals surface area contributed by atoms with Crippen LogP contribution in [-0.2, 0) is 0 Å². The van der Waals surface area contributed by atoms with E-state index in [-0.39, 0.29) is 0 Å². The molecule has 2 heteroatoms. The van der Waals surface area contributed by atoms with Gasteiger partial charge in [0.15, 0.2) is 0 Å². The van der Waals surface area contributed by atoms with Crippen molar-refractivity contribution in [3.8, 4) is 0 Å². The minimum atomic E-state index is 0.568. The fraction of sp³-hybridized carbons (Fsp3) is 0.368. The summed E-state index contributed by atoms with van der Waals surface area (Å²) in [6.45, 7) is 5.72. The Morgan fingerprint density at radius 1 is 1.05 bits per heavy atom. The molecule has 1 fully saturated rings. The Hall–Kier alpha value is -1.80. The van der Waals surface area contributed by atoms with Crippen LogP contribution in [0, 0.1) is 0 Å². The molecule has 0 radical (unpaired) electrons. The van der Waals surface area contributed by atoms with Gasteiger partial charge in [-0.05, 0) is 43.5 Å².